The minimum Gasteiger partial charge on any atom is -0.494 e. The molecule has 0 saturated heterocycles. The zero-order valence-corrected chi connectivity index (χ0v) is 17.6. The van der Waals surface area contributed by atoms with E-state index in [0.29, 0.717) is 36.5 Å². The summed E-state index contributed by atoms with van der Waals surface area (Å²) in [5, 5.41) is 2.59. The number of thiophene rings is 1. The molecule has 2 heterocycles. The Balaban J connectivity index is 1.57. The van der Waals surface area contributed by atoms with Crippen LogP contribution in [0.4, 0.5) is 0 Å². The lowest BCUT2D eigenvalue weighted by atomic mass is 10.1. The van der Waals surface area contributed by atoms with Gasteiger partial charge in [0, 0.05) is 17.5 Å². The van der Waals surface area contributed by atoms with Gasteiger partial charge in [0.15, 0.2) is 11.5 Å². The maximum absolute atomic E-state index is 13.2. The fraction of sp³-hybridized carbons (Fsp3) is 0.217. The first kappa shape index (κ1) is 20.0. The third kappa shape index (κ3) is 4.02. The molecule has 0 fully saturated rings. The van der Waals surface area contributed by atoms with Gasteiger partial charge in [-0.3, -0.25) is 9.36 Å². The van der Waals surface area contributed by atoms with E-state index in [9.17, 15) is 4.79 Å². The number of rotatable bonds is 8. The minimum atomic E-state index is -0.0502. The van der Waals surface area contributed by atoms with Crippen LogP contribution in [0.3, 0.4) is 0 Å². The van der Waals surface area contributed by atoms with E-state index >= 15 is 0 Å². The summed E-state index contributed by atoms with van der Waals surface area (Å²) >= 11 is 1.46. The molecule has 0 radical (unpaired) electrons. The zero-order valence-electron chi connectivity index (χ0n) is 16.8. The molecule has 4 aromatic rings. The summed E-state index contributed by atoms with van der Waals surface area (Å²) in [7, 11) is 3.20. The van der Waals surface area contributed by atoms with E-state index in [-0.39, 0.29) is 5.56 Å². The van der Waals surface area contributed by atoms with Crippen LogP contribution in [0.5, 0.6) is 17.2 Å². The molecule has 30 heavy (non-hydrogen) atoms. The highest BCUT2D eigenvalue weighted by molar-refractivity contribution is 7.17. The van der Waals surface area contributed by atoms with E-state index in [1.165, 1.54) is 11.3 Å². The molecule has 4 rings (SSSR count). The van der Waals surface area contributed by atoms with Gasteiger partial charge in [0.2, 0.25) is 0 Å². The third-order valence-corrected chi connectivity index (χ3v) is 5.70. The Hall–Kier alpha value is -3.32. The Bertz CT molecular complexity index is 1200. The van der Waals surface area contributed by atoms with Crippen LogP contribution in [0.25, 0.3) is 21.3 Å². The van der Waals surface area contributed by atoms with Gasteiger partial charge in [-0.15, -0.1) is 11.3 Å². The molecule has 0 spiro atoms. The number of hydrogen-bond donors (Lipinski definition) is 0. The van der Waals surface area contributed by atoms with Crippen molar-refractivity contribution in [3.05, 3.63) is 70.6 Å². The average molecular weight is 423 g/mol. The summed E-state index contributed by atoms with van der Waals surface area (Å²) < 4.78 is 18.1. The van der Waals surface area contributed by atoms with Gasteiger partial charge in [0.25, 0.3) is 5.56 Å². The van der Waals surface area contributed by atoms with Gasteiger partial charge in [-0.05, 0) is 36.2 Å². The normalized spacial score (nSPS) is 10.9. The van der Waals surface area contributed by atoms with Gasteiger partial charge in [-0.25, -0.2) is 4.98 Å². The molecule has 0 atom stereocenters. The first-order chi connectivity index (χ1) is 14.7. The summed E-state index contributed by atoms with van der Waals surface area (Å²) in [6.45, 7) is 1.07. The summed E-state index contributed by atoms with van der Waals surface area (Å²) in [5.74, 6) is 2.10. The topological polar surface area (TPSA) is 62.6 Å². The van der Waals surface area contributed by atoms with Crippen LogP contribution in [0.2, 0.25) is 0 Å². The fourth-order valence-electron chi connectivity index (χ4n) is 3.28. The van der Waals surface area contributed by atoms with Gasteiger partial charge < -0.3 is 14.2 Å². The molecule has 6 nitrogen and oxygen atoms in total. The number of fused-ring (bicyclic) bond motifs is 1. The quantitative estimate of drug-likeness (QED) is 0.388. The largest absolute Gasteiger partial charge is 0.494 e. The monoisotopic (exact) mass is 422 g/mol. The van der Waals surface area contributed by atoms with Crippen LogP contribution >= 0.6 is 11.3 Å². The van der Waals surface area contributed by atoms with E-state index in [1.807, 2.05) is 53.9 Å². The van der Waals surface area contributed by atoms with Crippen molar-refractivity contribution in [2.75, 3.05) is 20.8 Å². The van der Waals surface area contributed by atoms with Crippen LogP contribution in [-0.4, -0.2) is 30.4 Å². The number of ether oxygens (including phenoxy) is 3. The Morgan fingerprint density at radius 2 is 1.83 bits per heavy atom. The highest BCUT2D eigenvalue weighted by Crippen LogP contribution is 2.36. The van der Waals surface area contributed by atoms with Gasteiger partial charge in [-0.1, -0.05) is 24.3 Å². The molecule has 0 bridgehead atoms. The molecule has 0 unspecified atom stereocenters. The zero-order chi connectivity index (χ0) is 20.9. The number of nitrogens with zero attached hydrogens (tertiary/aromatic N) is 2. The molecule has 2 aromatic carbocycles. The van der Waals surface area contributed by atoms with Crippen molar-refractivity contribution < 1.29 is 14.2 Å². The second-order valence-corrected chi connectivity index (χ2v) is 7.52. The van der Waals surface area contributed by atoms with Crippen LogP contribution in [0.1, 0.15) is 6.42 Å². The first-order valence-corrected chi connectivity index (χ1v) is 10.5. The van der Waals surface area contributed by atoms with Crippen LogP contribution in [-0.2, 0) is 6.54 Å². The third-order valence-electron chi connectivity index (χ3n) is 4.81. The highest BCUT2D eigenvalue weighted by Gasteiger charge is 2.15. The maximum atomic E-state index is 13.2. The molecule has 0 saturated carbocycles. The average Bonchev–Trinajstić information content (AvgIpc) is 3.23. The van der Waals surface area contributed by atoms with Crippen LogP contribution < -0.4 is 19.8 Å². The van der Waals surface area contributed by atoms with Gasteiger partial charge >= 0.3 is 0 Å². The lowest BCUT2D eigenvalue weighted by molar-refractivity contribution is 0.301. The molecule has 0 aliphatic rings. The predicted molar refractivity (Wildman–Crippen MR) is 119 cm³/mol. The van der Waals surface area contributed by atoms with E-state index in [2.05, 4.69) is 4.98 Å². The number of aromatic nitrogens is 2. The molecule has 154 valence electrons. The van der Waals surface area contributed by atoms with Crippen molar-refractivity contribution in [1.29, 1.82) is 0 Å². The van der Waals surface area contributed by atoms with Crippen molar-refractivity contribution in [2.24, 2.45) is 0 Å². The number of para-hydroxylation sites is 1. The lowest BCUT2D eigenvalue weighted by Gasteiger charge is -2.10. The molecule has 2 aromatic heterocycles. The Labute approximate surface area is 178 Å². The highest BCUT2D eigenvalue weighted by atomic mass is 32.1. The fourth-order valence-corrected chi connectivity index (χ4v) is 4.19. The predicted octanol–water partition coefficient (Wildman–Crippen LogP) is 4.61. The minimum absolute atomic E-state index is 0.0502. The smallest absolute Gasteiger partial charge is 0.262 e. The Kier molecular flexibility index (Phi) is 5.99. The molecule has 7 heteroatoms. The number of methoxy groups -OCH3 is 2. The van der Waals surface area contributed by atoms with Crippen molar-refractivity contribution in [2.45, 2.75) is 13.0 Å². The van der Waals surface area contributed by atoms with E-state index < -0.39 is 0 Å². The van der Waals surface area contributed by atoms with Crippen molar-refractivity contribution in [1.82, 2.24) is 9.55 Å². The second kappa shape index (κ2) is 9.00. The van der Waals surface area contributed by atoms with Gasteiger partial charge in [0.05, 0.1) is 32.5 Å². The number of aryl methyl sites for hydroxylation is 1. The SMILES string of the molecule is COc1ccc(-c2csc3ncn(CCCOc4ccccc4)c(=O)c23)cc1OC. The lowest BCUT2D eigenvalue weighted by Crippen LogP contribution is -2.21. The molecular formula is C23H22N2O4S. The standard InChI is InChI=1S/C23H22N2O4S/c1-27-19-10-9-16(13-20(19)28-2)18-14-30-22-21(18)23(26)25(15-24-22)11-6-12-29-17-7-4-3-5-8-17/h3-5,7-10,13-15H,6,11-12H2,1-2H3. The molecule has 0 aliphatic heterocycles. The Morgan fingerprint density at radius 1 is 1.03 bits per heavy atom. The number of hydrogen-bond acceptors (Lipinski definition) is 6. The van der Waals surface area contributed by atoms with E-state index in [4.69, 9.17) is 14.2 Å². The van der Waals surface area contributed by atoms with Crippen molar-refractivity contribution in [3.63, 3.8) is 0 Å². The van der Waals surface area contributed by atoms with Crippen molar-refractivity contribution >= 4 is 21.6 Å². The summed E-state index contributed by atoms with van der Waals surface area (Å²) in [4.78, 5) is 18.4. The van der Waals surface area contributed by atoms with E-state index in [1.54, 1.807) is 25.1 Å². The molecule has 0 N–H and O–H groups in total. The van der Waals surface area contributed by atoms with Crippen LogP contribution in [0, 0.1) is 0 Å². The molecular weight excluding hydrogens is 400 g/mol. The maximum Gasteiger partial charge on any atom is 0.262 e. The van der Waals surface area contributed by atoms with Gasteiger partial charge in [0.1, 0.15) is 10.6 Å². The molecule has 0 aliphatic carbocycles. The summed E-state index contributed by atoms with van der Waals surface area (Å²) in [6.07, 6.45) is 2.32. The first-order valence-electron chi connectivity index (χ1n) is 9.58. The Morgan fingerprint density at radius 3 is 2.60 bits per heavy atom. The van der Waals surface area contributed by atoms with Gasteiger partial charge in [-0.2, -0.15) is 0 Å². The second-order valence-electron chi connectivity index (χ2n) is 6.66. The molecule has 0 amide bonds. The summed E-state index contributed by atoms with van der Waals surface area (Å²) in [5.41, 5.74) is 1.69. The number of benzene rings is 2. The van der Waals surface area contributed by atoms with Crippen molar-refractivity contribution in [3.8, 4) is 28.4 Å². The van der Waals surface area contributed by atoms with E-state index in [0.717, 1.165) is 21.7 Å². The van der Waals surface area contributed by atoms with Crippen LogP contribution in [0.15, 0.2) is 65.0 Å². The summed E-state index contributed by atoms with van der Waals surface area (Å²) in [6, 6.07) is 15.3.